The van der Waals surface area contributed by atoms with Gasteiger partial charge < -0.3 is 42.6 Å². The zero-order chi connectivity index (χ0) is 46.3. The molecule has 0 spiro atoms. The number of imide groups is 1. The number of thioether (sulfide) groups is 1. The lowest BCUT2D eigenvalue weighted by Gasteiger charge is -2.52. The SMILES string of the molecule is C=CCO[C@H]1[C@H](OC(C)=O)[C@H](O[C@H]2[C@H](OCc3ccccc3)[C@@H](N3C(=O)c4ccccc4C3=O)[C@H](Sc3ccc(Cl)cc3)O[C@@H]2COCc2ccccc2)O[C@@H]2CO[C@H](c3ccccc3)O[C@H]12. The van der Waals surface area contributed by atoms with Crippen molar-refractivity contribution in [2.24, 2.45) is 0 Å². The summed E-state index contributed by atoms with van der Waals surface area (Å²) in [4.78, 5) is 44.4. The second kappa shape index (κ2) is 21.8. The molecule has 0 N–H and O–H groups in total. The predicted octanol–water partition coefficient (Wildman–Crippen LogP) is 8.35. The molecule has 0 aromatic heterocycles. The van der Waals surface area contributed by atoms with Crippen molar-refractivity contribution < 1.29 is 57.0 Å². The van der Waals surface area contributed by atoms with Gasteiger partial charge in [-0.2, -0.15) is 0 Å². The molecule has 0 radical (unpaired) electrons. The molecule has 15 heteroatoms. The number of esters is 1. The highest BCUT2D eigenvalue weighted by Crippen LogP contribution is 2.44. The van der Waals surface area contributed by atoms with E-state index >= 15 is 0 Å². The van der Waals surface area contributed by atoms with Gasteiger partial charge in [-0.3, -0.25) is 19.3 Å². The van der Waals surface area contributed by atoms with E-state index in [1.807, 2.05) is 103 Å². The molecule has 0 bridgehead atoms. The van der Waals surface area contributed by atoms with E-state index in [0.29, 0.717) is 5.02 Å². The van der Waals surface area contributed by atoms with Crippen molar-refractivity contribution in [1.29, 1.82) is 0 Å². The minimum atomic E-state index is -1.35. The second-order valence-corrected chi connectivity index (χ2v) is 18.0. The molecule has 0 unspecified atom stereocenters. The number of halogens is 1. The van der Waals surface area contributed by atoms with E-state index in [1.54, 1.807) is 42.5 Å². The Bertz CT molecular complexity index is 2430. The Morgan fingerprint density at radius 2 is 1.37 bits per heavy atom. The number of amides is 2. The zero-order valence-corrected chi connectivity index (χ0v) is 38.2. The molecular weight excluding hydrogens is 898 g/mol. The van der Waals surface area contributed by atoms with Gasteiger partial charge in [-0.25, -0.2) is 0 Å². The van der Waals surface area contributed by atoms with Crippen LogP contribution in [-0.4, -0.2) is 103 Å². The number of benzene rings is 5. The van der Waals surface area contributed by atoms with Crippen LogP contribution in [0.5, 0.6) is 0 Å². The largest absolute Gasteiger partial charge is 0.454 e. The number of fused-ring (bicyclic) bond motifs is 2. The van der Waals surface area contributed by atoms with Crippen LogP contribution >= 0.6 is 23.4 Å². The van der Waals surface area contributed by atoms with Crippen LogP contribution in [0, 0.1) is 0 Å². The molecule has 67 heavy (non-hydrogen) atoms. The van der Waals surface area contributed by atoms with E-state index in [4.69, 9.17) is 54.2 Å². The molecule has 5 aromatic carbocycles. The summed E-state index contributed by atoms with van der Waals surface area (Å²) >= 11 is 7.65. The molecule has 13 nitrogen and oxygen atoms in total. The Labute approximate surface area is 398 Å². The molecule has 9 rings (SSSR count). The summed E-state index contributed by atoms with van der Waals surface area (Å²) in [6.45, 7) is 5.56. The van der Waals surface area contributed by atoms with Crippen LogP contribution in [0.15, 0.2) is 157 Å². The number of carbonyl (C=O) groups excluding carboxylic acids is 3. The highest BCUT2D eigenvalue weighted by atomic mass is 35.5. The molecule has 0 saturated carbocycles. The maximum Gasteiger partial charge on any atom is 0.303 e. The number of rotatable bonds is 17. The molecule has 2 amide bonds. The van der Waals surface area contributed by atoms with Crippen LogP contribution in [0.4, 0.5) is 0 Å². The van der Waals surface area contributed by atoms with Crippen LogP contribution in [0.3, 0.4) is 0 Å². The van der Waals surface area contributed by atoms with Gasteiger partial charge in [0.15, 0.2) is 18.7 Å². The maximum atomic E-state index is 14.6. The highest BCUT2D eigenvalue weighted by molar-refractivity contribution is 7.99. The first-order valence-electron chi connectivity index (χ1n) is 22.1. The molecule has 5 aromatic rings. The topological polar surface area (TPSA) is 138 Å². The Kier molecular flexibility index (Phi) is 15.3. The van der Waals surface area contributed by atoms with Crippen LogP contribution in [0.2, 0.25) is 5.02 Å². The van der Waals surface area contributed by atoms with E-state index in [1.165, 1.54) is 23.6 Å². The number of nitrogens with zero attached hydrogens (tertiary/aromatic N) is 1. The van der Waals surface area contributed by atoms with Gasteiger partial charge in [-0.15, -0.1) is 6.58 Å². The zero-order valence-electron chi connectivity index (χ0n) is 36.6. The van der Waals surface area contributed by atoms with Crippen molar-refractivity contribution in [3.05, 3.63) is 185 Å². The minimum Gasteiger partial charge on any atom is -0.454 e. The van der Waals surface area contributed by atoms with E-state index in [2.05, 4.69) is 6.58 Å². The van der Waals surface area contributed by atoms with Gasteiger partial charge in [0.1, 0.15) is 48.1 Å². The Morgan fingerprint density at radius 3 is 2.01 bits per heavy atom. The maximum absolute atomic E-state index is 14.6. The van der Waals surface area contributed by atoms with Gasteiger partial charge in [0.2, 0.25) is 0 Å². The normalized spacial score (nSPS) is 28.1. The Morgan fingerprint density at radius 1 is 0.746 bits per heavy atom. The molecule has 3 saturated heterocycles. The van der Waals surface area contributed by atoms with Crippen molar-refractivity contribution in [2.75, 3.05) is 19.8 Å². The van der Waals surface area contributed by atoms with Crippen molar-refractivity contribution in [2.45, 2.75) is 91.8 Å². The average Bonchev–Trinajstić information content (AvgIpc) is 3.60. The average molecular weight is 948 g/mol. The quantitative estimate of drug-likeness (QED) is 0.0502. The summed E-state index contributed by atoms with van der Waals surface area (Å²) in [6.07, 6.45) is -7.44. The van der Waals surface area contributed by atoms with Gasteiger partial charge in [0.25, 0.3) is 11.8 Å². The second-order valence-electron chi connectivity index (χ2n) is 16.4. The van der Waals surface area contributed by atoms with E-state index < -0.39 is 84.6 Å². The lowest BCUT2D eigenvalue weighted by molar-refractivity contribution is -0.380. The number of hydrogen-bond acceptors (Lipinski definition) is 13. The third kappa shape index (κ3) is 10.7. The third-order valence-corrected chi connectivity index (χ3v) is 13.3. The first kappa shape index (κ1) is 46.9. The summed E-state index contributed by atoms with van der Waals surface area (Å²) in [6, 6.07) is 41.5. The fourth-order valence-electron chi connectivity index (χ4n) is 8.79. The molecule has 3 fully saturated rings. The molecule has 4 aliphatic rings. The lowest BCUT2D eigenvalue weighted by atomic mass is 9.94. The molecule has 4 heterocycles. The summed E-state index contributed by atoms with van der Waals surface area (Å²) in [5.74, 6) is -1.65. The van der Waals surface area contributed by atoms with Gasteiger partial charge in [0, 0.05) is 22.4 Å². The van der Waals surface area contributed by atoms with E-state index in [0.717, 1.165) is 21.6 Å². The van der Waals surface area contributed by atoms with Crippen LogP contribution < -0.4 is 0 Å². The number of ether oxygens (including phenoxy) is 9. The van der Waals surface area contributed by atoms with E-state index in [9.17, 15) is 14.4 Å². The standard InChI is InChI=1S/C52H50ClNO12S/c1-3-27-59-46-44-41(31-61-50(65-44)35-19-11-6-12-20-35)63-51(47(46)62-32(2)55)66-43-40(30-58-28-33-15-7-4-8-16-33)64-52(67-37-25-23-36(53)24-26-37)42(45(43)60-29-34-17-9-5-10-18-34)54-48(56)38-21-13-14-22-39(38)49(54)57/h3-26,40-47,50-52H,1,27-31H2,2H3/t40-,41-,42-,43-,44+,45-,46-,47+,50+,51+,52+/m1/s1. The number of hydrogen-bond donors (Lipinski definition) is 0. The predicted molar refractivity (Wildman–Crippen MR) is 247 cm³/mol. The van der Waals surface area contributed by atoms with Crippen molar-refractivity contribution in [3.63, 3.8) is 0 Å². The van der Waals surface area contributed by atoms with Gasteiger partial charge >= 0.3 is 5.97 Å². The monoisotopic (exact) mass is 947 g/mol. The smallest absolute Gasteiger partial charge is 0.303 e. The molecule has 0 aliphatic carbocycles. The fourth-order valence-corrected chi connectivity index (χ4v) is 10.1. The molecule has 348 valence electrons. The third-order valence-electron chi connectivity index (χ3n) is 11.8. The summed E-state index contributed by atoms with van der Waals surface area (Å²) in [5, 5.41) is 0.535. The Hall–Kier alpha value is -5.23. The summed E-state index contributed by atoms with van der Waals surface area (Å²) < 4.78 is 59.7. The van der Waals surface area contributed by atoms with Gasteiger partial charge in [-0.1, -0.05) is 133 Å². The number of carbonyl (C=O) groups is 3. The molecular formula is C52H50ClNO12S. The van der Waals surface area contributed by atoms with Crippen LogP contribution in [0.1, 0.15) is 50.6 Å². The first-order chi connectivity index (χ1) is 32.7. The fraction of sp³-hybridized carbons (Fsp3) is 0.327. The molecule has 11 atom stereocenters. The van der Waals surface area contributed by atoms with Crippen molar-refractivity contribution in [3.8, 4) is 0 Å². The van der Waals surface area contributed by atoms with Gasteiger partial charge in [-0.05, 0) is 47.5 Å². The van der Waals surface area contributed by atoms with Crippen LogP contribution in [-0.2, 0) is 60.6 Å². The summed E-state index contributed by atoms with van der Waals surface area (Å²) in [7, 11) is 0. The molecule has 4 aliphatic heterocycles. The first-order valence-corrected chi connectivity index (χ1v) is 23.4. The van der Waals surface area contributed by atoms with Crippen molar-refractivity contribution in [1.82, 2.24) is 4.90 Å². The van der Waals surface area contributed by atoms with Gasteiger partial charge in [0.05, 0.1) is 44.2 Å². The van der Waals surface area contributed by atoms with E-state index in [-0.39, 0.29) is 44.2 Å². The minimum absolute atomic E-state index is 0.0321. The Balaban J connectivity index is 1.13. The summed E-state index contributed by atoms with van der Waals surface area (Å²) in [5.41, 5.74) is 2.10. The van der Waals surface area contributed by atoms with Crippen LogP contribution in [0.25, 0.3) is 0 Å². The lowest BCUT2D eigenvalue weighted by Crippen LogP contribution is -2.69. The highest BCUT2D eigenvalue weighted by Gasteiger charge is 2.59. The van der Waals surface area contributed by atoms with Crippen molar-refractivity contribution >= 4 is 41.1 Å².